The number of hydrogen-bond donors (Lipinski definition) is 2. The lowest BCUT2D eigenvalue weighted by Crippen LogP contribution is -2.33. The van der Waals surface area contributed by atoms with Gasteiger partial charge in [0.1, 0.15) is 0 Å². The van der Waals surface area contributed by atoms with Gasteiger partial charge in [-0.15, -0.1) is 0 Å². The number of rotatable bonds is 5. The van der Waals surface area contributed by atoms with Gasteiger partial charge in [-0.05, 0) is 38.1 Å². The van der Waals surface area contributed by atoms with E-state index < -0.39 is 0 Å². The Morgan fingerprint density at radius 3 is 2.78 bits per heavy atom. The van der Waals surface area contributed by atoms with Gasteiger partial charge < -0.3 is 16.0 Å². The first-order valence-electron chi connectivity index (χ1n) is 6.66. The lowest BCUT2D eigenvalue weighted by Gasteiger charge is -2.24. The van der Waals surface area contributed by atoms with Crippen molar-refractivity contribution in [2.45, 2.75) is 31.7 Å². The average Bonchev–Trinajstić information content (AvgIpc) is 2.85. The molecule has 4 heteroatoms. The van der Waals surface area contributed by atoms with Crippen LogP contribution >= 0.6 is 15.9 Å². The van der Waals surface area contributed by atoms with Gasteiger partial charge in [0.25, 0.3) is 0 Å². The van der Waals surface area contributed by atoms with Crippen molar-refractivity contribution in [2.75, 3.05) is 31.2 Å². The Balaban J connectivity index is 1.77. The molecule has 0 unspecified atom stereocenters. The highest BCUT2D eigenvalue weighted by Crippen LogP contribution is 2.24. The second kappa shape index (κ2) is 6.43. The fourth-order valence-corrected chi connectivity index (χ4v) is 2.97. The van der Waals surface area contributed by atoms with Crippen molar-refractivity contribution in [3.63, 3.8) is 0 Å². The highest BCUT2D eigenvalue weighted by molar-refractivity contribution is 9.10. The van der Waals surface area contributed by atoms with Crippen molar-refractivity contribution in [3.8, 4) is 0 Å². The Bertz CT molecular complexity index is 389. The third-order valence-corrected chi connectivity index (χ3v) is 4.23. The second-order valence-electron chi connectivity index (χ2n) is 5.08. The molecule has 3 nitrogen and oxygen atoms in total. The summed E-state index contributed by atoms with van der Waals surface area (Å²) in [5, 5.41) is 3.41. The van der Waals surface area contributed by atoms with Gasteiger partial charge in [-0.25, -0.2) is 0 Å². The normalized spacial score (nSPS) is 16.4. The zero-order valence-electron chi connectivity index (χ0n) is 11.0. The van der Waals surface area contributed by atoms with Crippen LogP contribution in [0.3, 0.4) is 0 Å². The average molecular weight is 312 g/mol. The van der Waals surface area contributed by atoms with E-state index >= 15 is 0 Å². The molecule has 0 spiro atoms. The first kappa shape index (κ1) is 13.7. The minimum Gasteiger partial charge on any atom is -0.397 e. The van der Waals surface area contributed by atoms with Gasteiger partial charge in [-0.3, -0.25) is 0 Å². The number of halogens is 1. The molecule has 0 heterocycles. The van der Waals surface area contributed by atoms with E-state index in [0.29, 0.717) is 0 Å². The number of benzene rings is 1. The number of hydrogen-bond acceptors (Lipinski definition) is 3. The molecule has 3 N–H and O–H groups in total. The van der Waals surface area contributed by atoms with E-state index in [1.807, 2.05) is 18.2 Å². The van der Waals surface area contributed by atoms with E-state index in [1.54, 1.807) is 0 Å². The Kier molecular flexibility index (Phi) is 4.89. The lowest BCUT2D eigenvalue weighted by atomic mass is 10.2. The Hall–Kier alpha value is -0.740. The second-order valence-corrected chi connectivity index (χ2v) is 5.99. The summed E-state index contributed by atoms with van der Waals surface area (Å²) in [5.41, 5.74) is 7.78. The topological polar surface area (TPSA) is 41.3 Å². The van der Waals surface area contributed by atoms with Gasteiger partial charge >= 0.3 is 0 Å². The van der Waals surface area contributed by atoms with Gasteiger partial charge in [0.05, 0.1) is 11.4 Å². The van der Waals surface area contributed by atoms with Gasteiger partial charge in [-0.2, -0.15) is 0 Å². The molecule has 18 heavy (non-hydrogen) atoms. The SMILES string of the molecule is CN(CCNc1ccc(Br)cc1N)C1CCCC1. The quantitative estimate of drug-likeness (QED) is 0.820. The smallest absolute Gasteiger partial charge is 0.0575 e. The van der Waals surface area contributed by atoms with E-state index in [4.69, 9.17) is 5.73 Å². The third-order valence-electron chi connectivity index (χ3n) is 3.74. The van der Waals surface area contributed by atoms with Crippen molar-refractivity contribution in [2.24, 2.45) is 0 Å². The molecule has 1 fully saturated rings. The molecule has 1 aromatic carbocycles. The number of nitrogen functional groups attached to an aromatic ring is 1. The van der Waals surface area contributed by atoms with Gasteiger partial charge in [-0.1, -0.05) is 28.8 Å². The van der Waals surface area contributed by atoms with Gasteiger partial charge in [0.15, 0.2) is 0 Å². The predicted molar refractivity (Wildman–Crippen MR) is 81.9 cm³/mol. The summed E-state index contributed by atoms with van der Waals surface area (Å²) >= 11 is 3.42. The van der Waals surface area contributed by atoms with E-state index in [2.05, 4.69) is 33.2 Å². The summed E-state index contributed by atoms with van der Waals surface area (Å²) in [5.74, 6) is 0. The molecular weight excluding hydrogens is 290 g/mol. The maximum Gasteiger partial charge on any atom is 0.0575 e. The number of nitrogens with one attached hydrogen (secondary N) is 1. The summed E-state index contributed by atoms with van der Waals surface area (Å²) in [7, 11) is 2.22. The molecule has 0 aromatic heterocycles. The molecule has 0 amide bonds. The summed E-state index contributed by atoms with van der Waals surface area (Å²) < 4.78 is 1.02. The van der Waals surface area contributed by atoms with E-state index in [1.165, 1.54) is 25.7 Å². The maximum atomic E-state index is 5.95. The van der Waals surface area contributed by atoms with Crippen LogP contribution < -0.4 is 11.1 Å². The van der Waals surface area contributed by atoms with Crippen LogP contribution in [0.1, 0.15) is 25.7 Å². The van der Waals surface area contributed by atoms with Crippen LogP contribution in [0.15, 0.2) is 22.7 Å². The first-order chi connectivity index (χ1) is 8.66. The molecule has 2 rings (SSSR count). The number of nitrogens with zero attached hydrogens (tertiary/aromatic N) is 1. The zero-order chi connectivity index (χ0) is 13.0. The first-order valence-corrected chi connectivity index (χ1v) is 7.45. The van der Waals surface area contributed by atoms with Crippen molar-refractivity contribution >= 4 is 27.3 Å². The van der Waals surface area contributed by atoms with Crippen molar-refractivity contribution in [1.82, 2.24) is 4.90 Å². The zero-order valence-corrected chi connectivity index (χ0v) is 12.5. The van der Waals surface area contributed by atoms with Crippen LogP contribution in [0, 0.1) is 0 Å². The summed E-state index contributed by atoms with van der Waals surface area (Å²) in [6, 6.07) is 6.76. The van der Waals surface area contributed by atoms with Crippen LogP contribution in [0.25, 0.3) is 0 Å². The van der Waals surface area contributed by atoms with Crippen molar-refractivity contribution < 1.29 is 0 Å². The Labute approximate surface area is 118 Å². The molecule has 1 aliphatic rings. The molecule has 0 bridgehead atoms. The molecule has 0 atom stereocenters. The van der Waals surface area contributed by atoms with Crippen LogP contribution in [0.2, 0.25) is 0 Å². The third kappa shape index (κ3) is 3.62. The fourth-order valence-electron chi connectivity index (χ4n) is 2.59. The largest absolute Gasteiger partial charge is 0.397 e. The standard InChI is InChI=1S/C14H22BrN3/c1-18(12-4-2-3-5-12)9-8-17-14-7-6-11(15)10-13(14)16/h6-7,10,12,17H,2-5,8-9,16H2,1H3. The molecule has 1 aromatic rings. The van der Waals surface area contributed by atoms with E-state index in [-0.39, 0.29) is 0 Å². The number of anilines is 2. The monoisotopic (exact) mass is 311 g/mol. The highest BCUT2D eigenvalue weighted by Gasteiger charge is 2.18. The molecule has 0 radical (unpaired) electrons. The van der Waals surface area contributed by atoms with Crippen LogP contribution in [0.4, 0.5) is 11.4 Å². The van der Waals surface area contributed by atoms with Gasteiger partial charge in [0.2, 0.25) is 0 Å². The molecule has 0 aliphatic heterocycles. The van der Waals surface area contributed by atoms with Gasteiger partial charge in [0, 0.05) is 23.6 Å². The summed E-state index contributed by atoms with van der Waals surface area (Å²) in [4.78, 5) is 2.47. The fraction of sp³-hybridized carbons (Fsp3) is 0.571. The van der Waals surface area contributed by atoms with Crippen molar-refractivity contribution in [1.29, 1.82) is 0 Å². The Morgan fingerprint density at radius 1 is 1.39 bits per heavy atom. The van der Waals surface area contributed by atoms with E-state index in [0.717, 1.165) is 35.0 Å². The van der Waals surface area contributed by atoms with E-state index in [9.17, 15) is 0 Å². The lowest BCUT2D eigenvalue weighted by molar-refractivity contribution is 0.254. The number of likely N-dealkylation sites (N-methyl/N-ethyl adjacent to an activating group) is 1. The molecule has 1 saturated carbocycles. The minimum atomic E-state index is 0.786. The minimum absolute atomic E-state index is 0.786. The number of nitrogens with two attached hydrogens (primary N) is 1. The summed E-state index contributed by atoms with van der Waals surface area (Å²) in [6.45, 7) is 2.01. The van der Waals surface area contributed by atoms with Crippen LogP contribution in [-0.2, 0) is 0 Å². The predicted octanol–water partition coefficient (Wildman–Crippen LogP) is 3.32. The summed E-state index contributed by atoms with van der Waals surface area (Å²) in [6.07, 6.45) is 5.50. The molecular formula is C14H22BrN3. The molecule has 100 valence electrons. The highest BCUT2D eigenvalue weighted by atomic mass is 79.9. The van der Waals surface area contributed by atoms with Crippen LogP contribution in [-0.4, -0.2) is 31.1 Å². The molecule has 0 saturated heterocycles. The Morgan fingerprint density at radius 2 is 2.11 bits per heavy atom. The molecule has 1 aliphatic carbocycles. The maximum absolute atomic E-state index is 5.95. The van der Waals surface area contributed by atoms with Crippen LogP contribution in [0.5, 0.6) is 0 Å². The van der Waals surface area contributed by atoms with Crippen molar-refractivity contribution in [3.05, 3.63) is 22.7 Å².